The topological polar surface area (TPSA) is 18.5 Å². The van der Waals surface area contributed by atoms with Crippen molar-refractivity contribution in [1.82, 2.24) is 0 Å². The summed E-state index contributed by atoms with van der Waals surface area (Å²) in [6.07, 6.45) is 50.9. The van der Waals surface area contributed by atoms with E-state index in [0.29, 0.717) is 0 Å². The zero-order valence-electron chi connectivity index (χ0n) is 31.9. The maximum Gasteiger partial charge on any atom is 0.171 e. The summed E-state index contributed by atoms with van der Waals surface area (Å²) in [4.78, 5) is 0. The van der Waals surface area contributed by atoms with Crippen LogP contribution in [-0.4, -0.2) is 50.2 Å². The third kappa shape index (κ3) is 25.9. The minimum Gasteiger partial charge on any atom is -0.344 e. The zero-order valence-corrected chi connectivity index (χ0v) is 31.9. The lowest BCUT2D eigenvalue weighted by Gasteiger charge is -2.30. The highest BCUT2D eigenvalue weighted by atomic mass is 16.8. The second-order valence-corrected chi connectivity index (χ2v) is 15.2. The van der Waals surface area contributed by atoms with Gasteiger partial charge in [-0.2, -0.15) is 0 Å². The molecule has 1 fully saturated rings. The Kier molecular flexibility index (Phi) is 26.9. The molecule has 0 spiro atoms. The zero-order chi connectivity index (χ0) is 33.6. The summed E-state index contributed by atoms with van der Waals surface area (Å²) >= 11 is 0. The van der Waals surface area contributed by atoms with Gasteiger partial charge in [-0.15, -0.1) is 0 Å². The SMILES string of the molecule is CCCCC/C=C\C/C=C\CCCCCCCC1OC(C)(CC[N+](C)(C)C)OC1CCCCCCC/C=C\C/C=C\CCCCC. The van der Waals surface area contributed by atoms with E-state index < -0.39 is 5.79 Å². The van der Waals surface area contributed by atoms with E-state index in [4.69, 9.17) is 9.47 Å². The fraction of sp³-hybridized carbons (Fsp3) is 0.814. The molecular formula is C43H80NO2+. The lowest BCUT2D eigenvalue weighted by atomic mass is 9.99. The van der Waals surface area contributed by atoms with Crippen LogP contribution in [0.15, 0.2) is 48.6 Å². The normalized spacial score (nSPS) is 20.9. The molecule has 268 valence electrons. The lowest BCUT2D eigenvalue weighted by Crippen LogP contribution is -2.40. The van der Waals surface area contributed by atoms with Crippen molar-refractivity contribution in [1.29, 1.82) is 0 Å². The number of allylic oxidation sites excluding steroid dienone is 8. The molecule has 1 heterocycles. The van der Waals surface area contributed by atoms with E-state index in [0.717, 1.165) is 43.1 Å². The van der Waals surface area contributed by atoms with Crippen LogP contribution in [0.25, 0.3) is 0 Å². The van der Waals surface area contributed by atoms with E-state index in [-0.39, 0.29) is 12.2 Å². The molecule has 1 aliphatic rings. The van der Waals surface area contributed by atoms with E-state index in [2.05, 4.69) is 90.5 Å². The van der Waals surface area contributed by atoms with Crippen LogP contribution in [0.2, 0.25) is 0 Å². The molecule has 0 saturated carbocycles. The highest BCUT2D eigenvalue weighted by Crippen LogP contribution is 2.36. The molecule has 0 aromatic heterocycles. The van der Waals surface area contributed by atoms with E-state index >= 15 is 0 Å². The first kappa shape index (κ1) is 42.9. The Labute approximate surface area is 288 Å². The summed E-state index contributed by atoms with van der Waals surface area (Å²) in [7, 11) is 6.79. The molecule has 1 aliphatic heterocycles. The monoisotopic (exact) mass is 643 g/mol. The largest absolute Gasteiger partial charge is 0.344 e. The molecule has 1 rings (SSSR count). The Bertz CT molecular complexity index is 735. The minimum absolute atomic E-state index is 0.265. The van der Waals surface area contributed by atoms with Gasteiger partial charge in [-0.3, -0.25) is 0 Å². The number of ether oxygens (including phenoxy) is 2. The van der Waals surface area contributed by atoms with Crippen molar-refractivity contribution in [2.75, 3.05) is 27.7 Å². The smallest absolute Gasteiger partial charge is 0.171 e. The van der Waals surface area contributed by atoms with Gasteiger partial charge in [0.2, 0.25) is 0 Å². The molecule has 2 unspecified atom stereocenters. The minimum atomic E-state index is -0.422. The predicted molar refractivity (Wildman–Crippen MR) is 204 cm³/mol. The van der Waals surface area contributed by atoms with E-state index in [1.807, 2.05) is 0 Å². The van der Waals surface area contributed by atoms with Gasteiger partial charge in [-0.05, 0) is 84.0 Å². The fourth-order valence-electron chi connectivity index (χ4n) is 6.28. The first-order valence-corrected chi connectivity index (χ1v) is 20.1. The first-order chi connectivity index (χ1) is 22.3. The summed E-state index contributed by atoms with van der Waals surface area (Å²) in [5, 5.41) is 0. The molecule has 0 aromatic rings. The molecule has 0 N–H and O–H groups in total. The van der Waals surface area contributed by atoms with Crippen molar-refractivity contribution in [3.05, 3.63) is 48.6 Å². The molecule has 0 aromatic carbocycles. The molecule has 0 bridgehead atoms. The van der Waals surface area contributed by atoms with E-state index in [1.54, 1.807) is 0 Å². The summed E-state index contributed by atoms with van der Waals surface area (Å²) in [6.45, 7) is 7.81. The molecule has 0 aliphatic carbocycles. The van der Waals surface area contributed by atoms with Crippen LogP contribution in [-0.2, 0) is 9.47 Å². The maximum atomic E-state index is 6.69. The van der Waals surface area contributed by atoms with Gasteiger partial charge in [0.15, 0.2) is 5.79 Å². The number of nitrogens with zero attached hydrogens (tertiary/aromatic N) is 1. The van der Waals surface area contributed by atoms with Crippen LogP contribution in [0.4, 0.5) is 0 Å². The van der Waals surface area contributed by atoms with Gasteiger partial charge in [-0.25, -0.2) is 0 Å². The average molecular weight is 643 g/mol. The van der Waals surface area contributed by atoms with E-state index in [9.17, 15) is 0 Å². The van der Waals surface area contributed by atoms with Crippen molar-refractivity contribution in [3.63, 3.8) is 0 Å². The summed E-state index contributed by atoms with van der Waals surface area (Å²) in [5.74, 6) is -0.422. The van der Waals surface area contributed by atoms with Crippen LogP contribution in [0.1, 0.15) is 181 Å². The van der Waals surface area contributed by atoms with Crippen molar-refractivity contribution in [3.8, 4) is 0 Å². The number of hydrogen-bond donors (Lipinski definition) is 0. The average Bonchev–Trinajstić information content (AvgIpc) is 3.35. The molecule has 3 nitrogen and oxygen atoms in total. The Hall–Kier alpha value is -1.16. The van der Waals surface area contributed by atoms with Crippen molar-refractivity contribution >= 4 is 0 Å². The highest BCUT2D eigenvalue weighted by molar-refractivity contribution is 4.93. The van der Waals surface area contributed by atoms with Crippen molar-refractivity contribution in [2.45, 2.75) is 199 Å². The standard InChI is InChI=1S/C43H80NO2/c1-7-9-11-13-15-17-19-21-23-25-27-29-31-33-35-37-41-42(46-43(3,45-41)39-40-44(4,5)6)38-36-34-32-30-28-26-24-22-20-18-16-14-12-10-8-2/h15-18,21-24,41-42H,7-14,19-20,25-40H2,1-6H3/q+1/b17-15-,18-16-,23-21-,24-22-. The first-order valence-electron chi connectivity index (χ1n) is 20.1. The number of hydrogen-bond acceptors (Lipinski definition) is 2. The molecular weight excluding hydrogens is 562 g/mol. The third-order valence-electron chi connectivity index (χ3n) is 9.33. The van der Waals surface area contributed by atoms with Crippen LogP contribution >= 0.6 is 0 Å². The molecule has 2 atom stereocenters. The van der Waals surface area contributed by atoms with Crippen molar-refractivity contribution in [2.24, 2.45) is 0 Å². The van der Waals surface area contributed by atoms with Crippen LogP contribution in [0, 0.1) is 0 Å². The Morgan fingerprint density at radius 2 is 0.826 bits per heavy atom. The Balaban J connectivity index is 2.24. The van der Waals surface area contributed by atoms with Gasteiger partial charge in [0.1, 0.15) is 0 Å². The fourth-order valence-corrected chi connectivity index (χ4v) is 6.28. The second kappa shape index (κ2) is 28.8. The maximum absolute atomic E-state index is 6.69. The quantitative estimate of drug-likeness (QED) is 0.0425. The van der Waals surface area contributed by atoms with Gasteiger partial charge in [0.05, 0.1) is 46.3 Å². The van der Waals surface area contributed by atoms with Gasteiger partial charge in [0.25, 0.3) is 0 Å². The lowest BCUT2D eigenvalue weighted by molar-refractivity contribution is -0.871. The molecule has 3 heteroatoms. The molecule has 0 radical (unpaired) electrons. The number of unbranched alkanes of at least 4 members (excludes halogenated alkanes) is 16. The third-order valence-corrected chi connectivity index (χ3v) is 9.33. The second-order valence-electron chi connectivity index (χ2n) is 15.2. The van der Waals surface area contributed by atoms with Gasteiger partial charge in [0, 0.05) is 0 Å². The Morgan fingerprint density at radius 3 is 1.20 bits per heavy atom. The van der Waals surface area contributed by atoms with E-state index in [1.165, 1.54) is 128 Å². The van der Waals surface area contributed by atoms with Gasteiger partial charge < -0.3 is 14.0 Å². The molecule has 1 saturated heterocycles. The van der Waals surface area contributed by atoms with Crippen molar-refractivity contribution < 1.29 is 14.0 Å². The summed E-state index contributed by atoms with van der Waals surface area (Å²) in [6, 6.07) is 0. The number of rotatable bonds is 31. The van der Waals surface area contributed by atoms with Gasteiger partial charge >= 0.3 is 0 Å². The van der Waals surface area contributed by atoms with Gasteiger partial charge in [-0.1, -0.05) is 140 Å². The molecule has 46 heavy (non-hydrogen) atoms. The van der Waals surface area contributed by atoms with Crippen LogP contribution in [0.5, 0.6) is 0 Å². The predicted octanol–water partition coefficient (Wildman–Crippen LogP) is 13.2. The molecule has 0 amide bonds. The summed E-state index contributed by atoms with van der Waals surface area (Å²) < 4.78 is 14.3. The van der Waals surface area contributed by atoms with Crippen LogP contribution in [0.3, 0.4) is 0 Å². The highest BCUT2D eigenvalue weighted by Gasteiger charge is 2.44. The summed E-state index contributed by atoms with van der Waals surface area (Å²) in [5.41, 5.74) is 0. The Morgan fingerprint density at radius 1 is 0.478 bits per heavy atom. The van der Waals surface area contributed by atoms with Crippen LogP contribution < -0.4 is 0 Å². The number of quaternary nitrogens is 1.